The minimum atomic E-state index is -0.227. The van der Waals surface area contributed by atoms with Crippen LogP contribution in [-0.4, -0.2) is 32.7 Å². The number of benzene rings is 3. The van der Waals surface area contributed by atoms with Crippen LogP contribution in [0.2, 0.25) is 0 Å². The SMILES string of the molecule is CC/C(=N/NC(=O)CSc1n[nH]c(-c2ccc(C)cc2)[n+]1-c1ccc(C)cc1)c1ccc(O)cc1. The van der Waals surface area contributed by atoms with E-state index in [1.165, 1.54) is 22.9 Å². The molecule has 0 saturated heterocycles. The van der Waals surface area contributed by atoms with Gasteiger partial charge in [0.15, 0.2) is 0 Å². The smallest absolute Gasteiger partial charge is 0.342 e. The maximum Gasteiger partial charge on any atom is 0.342 e. The summed E-state index contributed by atoms with van der Waals surface area (Å²) >= 11 is 1.34. The van der Waals surface area contributed by atoms with Crippen LogP contribution in [0.15, 0.2) is 83.1 Å². The number of aromatic amines is 1. The number of nitrogens with one attached hydrogen (secondary N) is 2. The fourth-order valence-electron chi connectivity index (χ4n) is 3.53. The van der Waals surface area contributed by atoms with E-state index in [0.29, 0.717) is 11.6 Å². The number of nitrogens with zero attached hydrogens (tertiary/aromatic N) is 3. The molecule has 0 saturated carbocycles. The molecule has 8 heteroatoms. The van der Waals surface area contributed by atoms with Gasteiger partial charge in [0.2, 0.25) is 0 Å². The number of thioether (sulfide) groups is 1. The molecule has 4 aromatic rings. The molecule has 0 aliphatic rings. The lowest BCUT2D eigenvalue weighted by molar-refractivity contribution is -0.625. The van der Waals surface area contributed by atoms with E-state index in [-0.39, 0.29) is 17.4 Å². The normalized spacial score (nSPS) is 11.5. The number of H-pyrrole nitrogens is 1. The van der Waals surface area contributed by atoms with Crippen LogP contribution >= 0.6 is 11.8 Å². The Morgan fingerprint density at radius 1 is 1.00 bits per heavy atom. The zero-order valence-corrected chi connectivity index (χ0v) is 20.8. The quantitative estimate of drug-likeness (QED) is 0.146. The van der Waals surface area contributed by atoms with E-state index in [2.05, 4.69) is 64.0 Å². The number of aromatic hydroxyl groups is 1. The van der Waals surface area contributed by atoms with E-state index in [1.54, 1.807) is 24.3 Å². The first-order valence-electron chi connectivity index (χ1n) is 11.4. The van der Waals surface area contributed by atoms with E-state index in [0.717, 1.165) is 28.4 Å². The largest absolute Gasteiger partial charge is 0.508 e. The van der Waals surface area contributed by atoms with Gasteiger partial charge in [0.1, 0.15) is 11.4 Å². The molecule has 0 aliphatic carbocycles. The van der Waals surface area contributed by atoms with Crippen LogP contribution < -0.4 is 9.99 Å². The predicted molar refractivity (Wildman–Crippen MR) is 139 cm³/mol. The molecule has 0 unspecified atom stereocenters. The highest BCUT2D eigenvalue weighted by Crippen LogP contribution is 2.21. The first-order chi connectivity index (χ1) is 16.9. The average molecular weight is 487 g/mol. The van der Waals surface area contributed by atoms with E-state index < -0.39 is 0 Å². The molecule has 1 aromatic heterocycles. The highest BCUT2D eigenvalue weighted by molar-refractivity contribution is 7.99. The maximum atomic E-state index is 12.6. The van der Waals surface area contributed by atoms with Crippen molar-refractivity contribution in [1.29, 1.82) is 0 Å². The van der Waals surface area contributed by atoms with Crippen molar-refractivity contribution < 1.29 is 14.5 Å². The third kappa shape index (κ3) is 5.96. The minimum absolute atomic E-state index is 0.153. The second kappa shape index (κ2) is 11.0. The van der Waals surface area contributed by atoms with E-state index in [4.69, 9.17) is 0 Å². The molecule has 0 atom stereocenters. The zero-order valence-electron chi connectivity index (χ0n) is 19.9. The van der Waals surface area contributed by atoms with Crippen molar-refractivity contribution in [1.82, 2.24) is 15.6 Å². The third-order valence-corrected chi connectivity index (χ3v) is 6.41. The number of amides is 1. The van der Waals surface area contributed by atoms with E-state index >= 15 is 0 Å². The van der Waals surface area contributed by atoms with Crippen molar-refractivity contribution in [2.75, 3.05) is 5.75 Å². The summed E-state index contributed by atoms with van der Waals surface area (Å²) in [6, 6.07) is 23.2. The highest BCUT2D eigenvalue weighted by Gasteiger charge is 2.24. The van der Waals surface area contributed by atoms with Gasteiger partial charge in [-0.1, -0.05) is 42.3 Å². The topological polar surface area (TPSA) is 94.2 Å². The molecule has 0 spiro atoms. The molecule has 0 aliphatic heterocycles. The standard InChI is InChI=1S/C27H27N5O2S/c1-4-24(20-11-15-23(33)16-12-20)28-29-25(34)17-35-27-31-30-26(21-9-5-18(2)6-10-21)32(27)22-13-7-19(3)8-14-22/h5-16H,4,17H2,1-3H3,(H2,28,29,33,34)/p+1. The van der Waals surface area contributed by atoms with Crippen LogP contribution in [0.4, 0.5) is 0 Å². The lowest BCUT2D eigenvalue weighted by atomic mass is 10.1. The molecule has 1 amide bonds. The van der Waals surface area contributed by atoms with Gasteiger partial charge in [0.25, 0.3) is 11.7 Å². The van der Waals surface area contributed by atoms with Crippen molar-refractivity contribution in [2.45, 2.75) is 32.3 Å². The van der Waals surface area contributed by atoms with E-state index in [1.807, 2.05) is 30.5 Å². The number of carbonyl (C=O) groups excluding carboxylic acids is 1. The fourth-order valence-corrected chi connectivity index (χ4v) is 4.29. The number of aryl methyl sites for hydroxylation is 2. The van der Waals surface area contributed by atoms with Gasteiger partial charge in [0, 0.05) is 0 Å². The first-order valence-corrected chi connectivity index (χ1v) is 12.3. The lowest BCUT2D eigenvalue weighted by Crippen LogP contribution is -2.34. The Morgan fingerprint density at radius 3 is 2.26 bits per heavy atom. The summed E-state index contributed by atoms with van der Waals surface area (Å²) in [7, 11) is 0. The van der Waals surface area contributed by atoms with E-state index in [9.17, 15) is 9.90 Å². The Morgan fingerprint density at radius 2 is 1.63 bits per heavy atom. The molecule has 0 radical (unpaired) electrons. The number of phenols is 1. The van der Waals surface area contributed by atoms with Gasteiger partial charge in [0.05, 0.1) is 22.1 Å². The summed E-state index contributed by atoms with van der Waals surface area (Å²) < 4.78 is 2.03. The van der Waals surface area contributed by atoms with Gasteiger partial charge in [-0.3, -0.25) is 4.79 Å². The second-order valence-corrected chi connectivity index (χ2v) is 9.12. The van der Waals surface area contributed by atoms with Crippen LogP contribution in [0.3, 0.4) is 0 Å². The molecular formula is C27H28N5O2S+. The first kappa shape index (κ1) is 24.2. The summed E-state index contributed by atoms with van der Waals surface area (Å²) in [5.41, 5.74) is 8.55. The van der Waals surface area contributed by atoms with Crippen molar-refractivity contribution in [3.05, 3.63) is 89.5 Å². The van der Waals surface area contributed by atoms with Crippen LogP contribution in [0, 0.1) is 13.8 Å². The fraction of sp³-hybridized carbons (Fsp3) is 0.185. The maximum absolute atomic E-state index is 12.6. The molecule has 7 nitrogen and oxygen atoms in total. The number of aromatic nitrogens is 3. The Bertz CT molecular complexity index is 1330. The summed E-state index contributed by atoms with van der Waals surface area (Å²) in [5.74, 6) is 0.959. The van der Waals surface area contributed by atoms with Crippen LogP contribution in [-0.2, 0) is 4.79 Å². The van der Waals surface area contributed by atoms with Crippen molar-refractivity contribution in [3.63, 3.8) is 0 Å². The molecule has 0 fully saturated rings. The number of hydrazone groups is 1. The van der Waals surface area contributed by atoms with Gasteiger partial charge in [-0.2, -0.15) is 9.67 Å². The molecule has 0 bridgehead atoms. The molecule has 1 heterocycles. The summed E-state index contributed by atoms with van der Waals surface area (Å²) in [4.78, 5) is 12.6. The molecule has 35 heavy (non-hydrogen) atoms. The zero-order chi connectivity index (χ0) is 24.8. The second-order valence-electron chi connectivity index (χ2n) is 8.17. The summed E-state index contributed by atoms with van der Waals surface area (Å²) in [5, 5.41) is 22.1. The molecule has 3 N–H and O–H groups in total. The minimum Gasteiger partial charge on any atom is -0.508 e. The van der Waals surface area contributed by atoms with Crippen LogP contribution in [0.5, 0.6) is 5.75 Å². The highest BCUT2D eigenvalue weighted by atomic mass is 32.2. The monoisotopic (exact) mass is 486 g/mol. The predicted octanol–water partition coefficient (Wildman–Crippen LogP) is 4.70. The Kier molecular flexibility index (Phi) is 7.62. The number of hydrogen-bond donors (Lipinski definition) is 3. The molecular weight excluding hydrogens is 458 g/mol. The summed E-state index contributed by atoms with van der Waals surface area (Å²) in [6.45, 7) is 6.07. The van der Waals surface area contributed by atoms with Crippen LogP contribution in [0.25, 0.3) is 17.1 Å². The van der Waals surface area contributed by atoms with Gasteiger partial charge >= 0.3 is 5.16 Å². The Labute approximate surface area is 208 Å². The van der Waals surface area contributed by atoms with Gasteiger partial charge < -0.3 is 5.11 Å². The summed E-state index contributed by atoms with van der Waals surface area (Å²) in [6.07, 6.45) is 0.644. The number of rotatable bonds is 8. The molecule has 4 rings (SSSR count). The van der Waals surface area contributed by atoms with Gasteiger partial charge in [-0.25, -0.2) is 5.43 Å². The molecule has 3 aromatic carbocycles. The van der Waals surface area contributed by atoms with Gasteiger partial charge in [-0.05, 0) is 86.1 Å². The average Bonchev–Trinajstić information content (AvgIpc) is 3.29. The Hall–Kier alpha value is -3.91. The Balaban J connectivity index is 1.53. The van der Waals surface area contributed by atoms with Crippen molar-refractivity contribution in [3.8, 4) is 22.8 Å². The lowest BCUT2D eigenvalue weighted by Gasteiger charge is -2.06. The number of hydrogen-bond acceptors (Lipinski definition) is 5. The third-order valence-electron chi connectivity index (χ3n) is 5.47. The molecule has 178 valence electrons. The van der Waals surface area contributed by atoms with Gasteiger partial charge in [-0.15, -0.1) is 5.10 Å². The van der Waals surface area contributed by atoms with Crippen molar-refractivity contribution in [2.24, 2.45) is 5.10 Å². The number of carbonyl (C=O) groups is 1. The van der Waals surface area contributed by atoms with Crippen molar-refractivity contribution >= 4 is 23.4 Å². The van der Waals surface area contributed by atoms with Crippen LogP contribution in [0.1, 0.15) is 30.0 Å². The number of phenolic OH excluding ortho intramolecular Hbond substituents is 1.